The van der Waals surface area contributed by atoms with Crippen molar-refractivity contribution in [2.24, 2.45) is 0 Å². The van der Waals surface area contributed by atoms with E-state index in [0.29, 0.717) is 24.4 Å². The van der Waals surface area contributed by atoms with Gasteiger partial charge in [-0.25, -0.2) is 14.3 Å². The topological polar surface area (TPSA) is 119 Å². The van der Waals surface area contributed by atoms with E-state index in [4.69, 9.17) is 4.74 Å². The first-order chi connectivity index (χ1) is 14.4. The molecule has 0 aliphatic carbocycles. The van der Waals surface area contributed by atoms with Crippen LogP contribution in [-0.4, -0.2) is 50.5 Å². The lowest BCUT2D eigenvalue weighted by molar-refractivity contribution is -0.119. The predicted octanol–water partition coefficient (Wildman–Crippen LogP) is 1.66. The summed E-state index contributed by atoms with van der Waals surface area (Å²) in [6.07, 6.45) is 1.40. The zero-order chi connectivity index (χ0) is 21.3. The molecule has 0 spiro atoms. The van der Waals surface area contributed by atoms with Gasteiger partial charge < -0.3 is 15.0 Å². The van der Waals surface area contributed by atoms with Crippen LogP contribution in [0.4, 0.5) is 11.4 Å². The summed E-state index contributed by atoms with van der Waals surface area (Å²) in [4.78, 5) is 46.0. The molecule has 2 amide bonds. The van der Waals surface area contributed by atoms with Crippen molar-refractivity contribution in [3.05, 3.63) is 47.5 Å². The van der Waals surface area contributed by atoms with E-state index in [9.17, 15) is 14.4 Å². The van der Waals surface area contributed by atoms with Crippen LogP contribution in [0.2, 0.25) is 0 Å². The molecule has 10 nitrogen and oxygen atoms in total. The second kappa shape index (κ2) is 7.90. The highest BCUT2D eigenvalue weighted by Crippen LogP contribution is 2.23. The van der Waals surface area contributed by atoms with Crippen LogP contribution in [0, 0.1) is 13.8 Å². The third-order valence-electron chi connectivity index (χ3n) is 4.67. The third kappa shape index (κ3) is 3.97. The van der Waals surface area contributed by atoms with Gasteiger partial charge in [-0.05, 0) is 50.6 Å². The molecule has 3 heterocycles. The number of fused-ring (bicyclic) bond motifs is 1. The highest BCUT2D eigenvalue weighted by Gasteiger charge is 2.21. The number of benzene rings is 1. The SMILES string of the molecule is Cc1cc(C)n2nc(C(=O)OCC(=O)Nc3ccc(N4CCCC4=O)cc3)nc2n1. The molecule has 0 bridgehead atoms. The Bertz CT molecular complexity index is 1140. The molecule has 0 radical (unpaired) electrons. The molecule has 154 valence electrons. The molecule has 1 N–H and O–H groups in total. The first kappa shape index (κ1) is 19.5. The number of carbonyl (C=O) groups is 3. The lowest BCUT2D eigenvalue weighted by Gasteiger charge is -2.16. The van der Waals surface area contributed by atoms with Gasteiger partial charge in [-0.15, -0.1) is 5.10 Å². The van der Waals surface area contributed by atoms with Crippen LogP contribution in [0.1, 0.15) is 34.8 Å². The molecule has 2 aromatic heterocycles. The lowest BCUT2D eigenvalue weighted by atomic mass is 10.2. The number of nitrogens with zero attached hydrogens (tertiary/aromatic N) is 5. The van der Waals surface area contributed by atoms with E-state index in [1.54, 1.807) is 29.2 Å². The van der Waals surface area contributed by atoms with E-state index >= 15 is 0 Å². The fourth-order valence-electron chi connectivity index (χ4n) is 3.29. The Balaban J connectivity index is 1.34. The summed E-state index contributed by atoms with van der Waals surface area (Å²) in [5, 5.41) is 6.72. The standard InChI is InChI=1S/C20H20N6O4/c1-12-10-13(2)26-20(21-12)23-18(24-26)19(29)30-11-16(27)22-14-5-7-15(8-6-14)25-9-3-4-17(25)28/h5-8,10H,3-4,9,11H2,1-2H3,(H,22,27). The van der Waals surface area contributed by atoms with Gasteiger partial charge in [-0.1, -0.05) is 0 Å². The molecule has 30 heavy (non-hydrogen) atoms. The lowest BCUT2D eigenvalue weighted by Crippen LogP contribution is -2.24. The number of hydrogen-bond acceptors (Lipinski definition) is 7. The zero-order valence-electron chi connectivity index (χ0n) is 16.6. The van der Waals surface area contributed by atoms with E-state index in [1.807, 2.05) is 19.9 Å². The minimum Gasteiger partial charge on any atom is -0.450 e. The number of aromatic nitrogens is 4. The van der Waals surface area contributed by atoms with Crippen LogP contribution in [0.15, 0.2) is 30.3 Å². The molecule has 0 atom stereocenters. The number of anilines is 2. The number of amides is 2. The second-order valence-corrected chi connectivity index (χ2v) is 7.01. The Kier molecular flexibility index (Phi) is 5.13. The number of carbonyl (C=O) groups excluding carboxylic acids is 3. The summed E-state index contributed by atoms with van der Waals surface area (Å²) >= 11 is 0. The largest absolute Gasteiger partial charge is 0.450 e. The molecule has 4 rings (SSSR count). The first-order valence-corrected chi connectivity index (χ1v) is 9.49. The normalized spacial score (nSPS) is 13.7. The number of rotatable bonds is 5. The maximum atomic E-state index is 12.2. The summed E-state index contributed by atoms with van der Waals surface area (Å²) in [6, 6.07) is 8.74. The third-order valence-corrected chi connectivity index (χ3v) is 4.67. The maximum Gasteiger partial charge on any atom is 0.378 e. The van der Waals surface area contributed by atoms with E-state index in [2.05, 4.69) is 20.4 Å². The number of ether oxygens (including phenoxy) is 1. The highest BCUT2D eigenvalue weighted by molar-refractivity contribution is 5.97. The monoisotopic (exact) mass is 408 g/mol. The Hall–Kier alpha value is -3.82. The molecular weight excluding hydrogens is 388 g/mol. The van der Waals surface area contributed by atoms with Gasteiger partial charge >= 0.3 is 5.97 Å². The van der Waals surface area contributed by atoms with Gasteiger partial charge in [0.05, 0.1) is 0 Å². The zero-order valence-corrected chi connectivity index (χ0v) is 16.6. The number of hydrogen-bond donors (Lipinski definition) is 1. The van der Waals surface area contributed by atoms with E-state index < -0.39 is 18.5 Å². The first-order valence-electron chi connectivity index (χ1n) is 9.49. The van der Waals surface area contributed by atoms with Crippen molar-refractivity contribution in [3.8, 4) is 0 Å². The average molecular weight is 408 g/mol. The van der Waals surface area contributed by atoms with Crippen LogP contribution in [0.5, 0.6) is 0 Å². The van der Waals surface area contributed by atoms with Crippen molar-refractivity contribution in [1.29, 1.82) is 0 Å². The summed E-state index contributed by atoms with van der Waals surface area (Å²) < 4.78 is 6.45. The van der Waals surface area contributed by atoms with Gasteiger partial charge in [-0.2, -0.15) is 4.98 Å². The van der Waals surface area contributed by atoms with Crippen LogP contribution >= 0.6 is 0 Å². The quantitative estimate of drug-likeness (QED) is 0.638. The summed E-state index contributed by atoms with van der Waals surface area (Å²) in [6.45, 7) is 3.86. The van der Waals surface area contributed by atoms with Gasteiger partial charge in [0.25, 0.3) is 17.5 Å². The smallest absolute Gasteiger partial charge is 0.378 e. The van der Waals surface area contributed by atoms with Crippen molar-refractivity contribution < 1.29 is 19.1 Å². The van der Waals surface area contributed by atoms with Gasteiger partial charge in [0, 0.05) is 35.7 Å². The van der Waals surface area contributed by atoms with Crippen molar-refractivity contribution in [3.63, 3.8) is 0 Å². The molecule has 3 aromatic rings. The van der Waals surface area contributed by atoms with Gasteiger partial charge in [0.15, 0.2) is 6.61 Å². The minimum absolute atomic E-state index is 0.0970. The average Bonchev–Trinajstić information content (AvgIpc) is 3.33. The van der Waals surface area contributed by atoms with Crippen LogP contribution in [0.3, 0.4) is 0 Å². The molecule has 1 saturated heterocycles. The number of nitrogens with one attached hydrogen (secondary N) is 1. The highest BCUT2D eigenvalue weighted by atomic mass is 16.5. The Morgan fingerprint density at radius 3 is 2.63 bits per heavy atom. The second-order valence-electron chi connectivity index (χ2n) is 7.01. The number of aryl methyl sites for hydroxylation is 2. The van der Waals surface area contributed by atoms with Gasteiger partial charge in [0.2, 0.25) is 5.91 Å². The van der Waals surface area contributed by atoms with Crippen molar-refractivity contribution >= 4 is 34.9 Å². The molecular formula is C20H20N6O4. The molecule has 0 unspecified atom stereocenters. The summed E-state index contributed by atoms with van der Waals surface area (Å²) in [7, 11) is 0. The van der Waals surface area contributed by atoms with Crippen molar-refractivity contribution in [1.82, 2.24) is 19.6 Å². The predicted molar refractivity (Wildman–Crippen MR) is 107 cm³/mol. The van der Waals surface area contributed by atoms with E-state index in [-0.39, 0.29) is 11.7 Å². The Morgan fingerprint density at radius 2 is 1.93 bits per heavy atom. The number of esters is 1. The molecule has 1 aliphatic heterocycles. The minimum atomic E-state index is -0.810. The van der Waals surface area contributed by atoms with Crippen molar-refractivity contribution in [2.45, 2.75) is 26.7 Å². The summed E-state index contributed by atoms with van der Waals surface area (Å²) in [5.41, 5.74) is 2.86. The fourth-order valence-corrected chi connectivity index (χ4v) is 3.29. The molecule has 1 aromatic carbocycles. The van der Waals surface area contributed by atoms with Crippen LogP contribution < -0.4 is 10.2 Å². The fraction of sp³-hybridized carbons (Fsp3) is 0.300. The Morgan fingerprint density at radius 1 is 1.17 bits per heavy atom. The molecule has 1 fully saturated rings. The van der Waals surface area contributed by atoms with Gasteiger partial charge in [-0.3, -0.25) is 9.59 Å². The van der Waals surface area contributed by atoms with E-state index in [1.165, 1.54) is 4.52 Å². The summed E-state index contributed by atoms with van der Waals surface area (Å²) in [5.74, 6) is -1.08. The van der Waals surface area contributed by atoms with E-state index in [0.717, 1.165) is 23.5 Å². The maximum absolute atomic E-state index is 12.2. The van der Waals surface area contributed by atoms with Gasteiger partial charge in [0.1, 0.15) is 0 Å². The van der Waals surface area contributed by atoms with Crippen molar-refractivity contribution in [2.75, 3.05) is 23.4 Å². The molecule has 10 heteroatoms. The Labute approximate surface area is 171 Å². The molecule has 0 saturated carbocycles. The van der Waals surface area contributed by atoms with Crippen LogP contribution in [0.25, 0.3) is 5.78 Å². The molecule has 1 aliphatic rings. The van der Waals surface area contributed by atoms with Crippen LogP contribution in [-0.2, 0) is 14.3 Å².